The van der Waals surface area contributed by atoms with Crippen LogP contribution in [0.25, 0.3) is 0 Å². The van der Waals surface area contributed by atoms with Crippen molar-refractivity contribution in [2.75, 3.05) is 26.2 Å². The van der Waals surface area contributed by atoms with Crippen LogP contribution in [0.1, 0.15) is 32.1 Å². The summed E-state index contributed by atoms with van der Waals surface area (Å²) in [6.45, 7) is 3.02. The lowest BCUT2D eigenvalue weighted by atomic mass is 9.95. The van der Waals surface area contributed by atoms with Gasteiger partial charge in [0.05, 0.1) is 12.6 Å². The summed E-state index contributed by atoms with van der Waals surface area (Å²) in [6.07, 6.45) is 5.01. The van der Waals surface area contributed by atoms with Gasteiger partial charge in [-0.25, -0.2) is 0 Å². The number of carbonyl (C=O) groups is 1. The highest BCUT2D eigenvalue weighted by Gasteiger charge is 2.29. The van der Waals surface area contributed by atoms with E-state index in [4.69, 9.17) is 0 Å². The highest BCUT2D eigenvalue weighted by atomic mass is 16.3. The average Bonchev–Trinajstić information content (AvgIpc) is 2.78. The summed E-state index contributed by atoms with van der Waals surface area (Å²) in [7, 11) is 0. The zero-order valence-corrected chi connectivity index (χ0v) is 9.82. The van der Waals surface area contributed by atoms with E-state index >= 15 is 0 Å². The third-order valence-corrected chi connectivity index (χ3v) is 3.77. The first-order valence-electron chi connectivity index (χ1n) is 6.42. The maximum absolute atomic E-state index is 12.1. The molecule has 2 saturated heterocycles. The fourth-order valence-electron chi connectivity index (χ4n) is 2.82. The van der Waals surface area contributed by atoms with E-state index in [1.54, 1.807) is 0 Å². The fourth-order valence-corrected chi connectivity index (χ4v) is 2.82. The molecule has 2 aliphatic rings. The van der Waals surface area contributed by atoms with Gasteiger partial charge in [0.2, 0.25) is 5.91 Å². The molecule has 92 valence electrons. The van der Waals surface area contributed by atoms with Crippen molar-refractivity contribution < 1.29 is 9.90 Å². The molecule has 0 spiro atoms. The van der Waals surface area contributed by atoms with E-state index in [2.05, 4.69) is 5.32 Å². The second-order valence-electron chi connectivity index (χ2n) is 4.98. The maximum atomic E-state index is 12.1. The molecule has 2 aliphatic heterocycles. The molecule has 0 saturated carbocycles. The van der Waals surface area contributed by atoms with Crippen LogP contribution in [0.5, 0.6) is 0 Å². The summed E-state index contributed by atoms with van der Waals surface area (Å²) < 4.78 is 0. The van der Waals surface area contributed by atoms with Crippen LogP contribution < -0.4 is 5.32 Å². The van der Waals surface area contributed by atoms with E-state index in [9.17, 15) is 9.90 Å². The van der Waals surface area contributed by atoms with E-state index in [-0.39, 0.29) is 18.6 Å². The fraction of sp³-hybridized carbons (Fsp3) is 0.917. The molecule has 2 heterocycles. The molecule has 0 aromatic carbocycles. The maximum Gasteiger partial charge on any atom is 0.223 e. The molecular weight excluding hydrogens is 204 g/mol. The van der Waals surface area contributed by atoms with Gasteiger partial charge in [0.15, 0.2) is 0 Å². The number of hydrogen-bond acceptors (Lipinski definition) is 3. The predicted octanol–water partition coefficient (Wildman–Crippen LogP) is 0.359. The van der Waals surface area contributed by atoms with Gasteiger partial charge in [-0.15, -0.1) is 0 Å². The minimum Gasteiger partial charge on any atom is -0.394 e. The number of likely N-dealkylation sites (tertiary alicyclic amines) is 1. The first kappa shape index (κ1) is 11.9. The highest BCUT2D eigenvalue weighted by Crippen LogP contribution is 2.21. The molecule has 0 bridgehead atoms. The van der Waals surface area contributed by atoms with Gasteiger partial charge in [-0.1, -0.05) is 0 Å². The topological polar surface area (TPSA) is 52.6 Å². The van der Waals surface area contributed by atoms with Crippen LogP contribution in [0.2, 0.25) is 0 Å². The summed E-state index contributed by atoms with van der Waals surface area (Å²) in [5.74, 6) is 0.742. The predicted molar refractivity (Wildman–Crippen MR) is 62.0 cm³/mol. The smallest absolute Gasteiger partial charge is 0.223 e. The van der Waals surface area contributed by atoms with Gasteiger partial charge in [0.1, 0.15) is 0 Å². The lowest BCUT2D eigenvalue weighted by Crippen LogP contribution is -2.40. The Hall–Kier alpha value is -0.610. The van der Waals surface area contributed by atoms with Gasteiger partial charge in [-0.05, 0) is 44.7 Å². The highest BCUT2D eigenvalue weighted by molar-refractivity contribution is 5.77. The molecule has 4 heteroatoms. The summed E-state index contributed by atoms with van der Waals surface area (Å²) >= 11 is 0. The summed E-state index contributed by atoms with van der Waals surface area (Å²) in [6, 6.07) is 0.0871. The SMILES string of the molecule is O=C(CC1CCCNC1)N1CCCC1CO. The number of nitrogens with zero attached hydrogens (tertiary/aromatic N) is 1. The molecule has 0 aliphatic carbocycles. The van der Waals surface area contributed by atoms with Crippen LogP contribution in [0.15, 0.2) is 0 Å². The largest absolute Gasteiger partial charge is 0.394 e. The Morgan fingerprint density at radius 2 is 2.25 bits per heavy atom. The van der Waals surface area contributed by atoms with Crippen molar-refractivity contribution in [3.63, 3.8) is 0 Å². The Morgan fingerprint density at radius 1 is 1.38 bits per heavy atom. The Balaban J connectivity index is 1.82. The second-order valence-corrected chi connectivity index (χ2v) is 4.98. The molecule has 0 aromatic heterocycles. The first-order chi connectivity index (χ1) is 7.81. The third-order valence-electron chi connectivity index (χ3n) is 3.77. The van der Waals surface area contributed by atoms with Crippen LogP contribution in [0.3, 0.4) is 0 Å². The first-order valence-corrected chi connectivity index (χ1v) is 6.42. The Kier molecular flexibility index (Phi) is 4.18. The van der Waals surface area contributed by atoms with Gasteiger partial charge in [0, 0.05) is 13.0 Å². The van der Waals surface area contributed by atoms with E-state index < -0.39 is 0 Å². The normalized spacial score (nSPS) is 30.7. The van der Waals surface area contributed by atoms with Crippen LogP contribution in [0.4, 0.5) is 0 Å². The molecule has 2 atom stereocenters. The van der Waals surface area contributed by atoms with E-state index in [1.165, 1.54) is 6.42 Å². The third kappa shape index (κ3) is 2.74. The van der Waals surface area contributed by atoms with E-state index in [0.29, 0.717) is 12.3 Å². The molecule has 4 nitrogen and oxygen atoms in total. The van der Waals surface area contributed by atoms with E-state index in [1.807, 2.05) is 4.90 Å². The molecule has 1 amide bonds. The van der Waals surface area contributed by atoms with Crippen molar-refractivity contribution in [2.24, 2.45) is 5.92 Å². The van der Waals surface area contributed by atoms with Crippen LogP contribution in [-0.2, 0) is 4.79 Å². The number of rotatable bonds is 3. The number of piperidine rings is 1. The lowest BCUT2D eigenvalue weighted by Gasteiger charge is -2.27. The van der Waals surface area contributed by atoms with Gasteiger partial charge < -0.3 is 15.3 Å². The molecule has 16 heavy (non-hydrogen) atoms. The van der Waals surface area contributed by atoms with Crippen LogP contribution in [0, 0.1) is 5.92 Å². The number of aliphatic hydroxyl groups is 1. The molecule has 0 radical (unpaired) electrons. The minimum atomic E-state index is 0.0871. The Morgan fingerprint density at radius 3 is 2.94 bits per heavy atom. The summed E-state index contributed by atoms with van der Waals surface area (Å²) in [4.78, 5) is 14.0. The second kappa shape index (κ2) is 5.64. The van der Waals surface area contributed by atoms with Gasteiger partial charge >= 0.3 is 0 Å². The molecule has 2 unspecified atom stereocenters. The summed E-state index contributed by atoms with van der Waals surface area (Å²) in [5, 5.41) is 12.5. The van der Waals surface area contributed by atoms with Crippen molar-refractivity contribution in [3.8, 4) is 0 Å². The standard InChI is InChI=1S/C12H22N2O2/c15-9-11-4-2-6-14(11)12(16)7-10-3-1-5-13-8-10/h10-11,13,15H,1-9H2. The zero-order valence-electron chi connectivity index (χ0n) is 9.82. The minimum absolute atomic E-state index is 0.0871. The van der Waals surface area contributed by atoms with Crippen LogP contribution in [-0.4, -0.2) is 48.2 Å². The van der Waals surface area contributed by atoms with Crippen molar-refractivity contribution in [1.82, 2.24) is 10.2 Å². The number of hydrogen-bond donors (Lipinski definition) is 2. The zero-order chi connectivity index (χ0) is 11.4. The molecular formula is C12H22N2O2. The monoisotopic (exact) mass is 226 g/mol. The molecule has 2 fully saturated rings. The van der Waals surface area contributed by atoms with Crippen molar-refractivity contribution in [2.45, 2.75) is 38.1 Å². The van der Waals surface area contributed by atoms with Gasteiger partial charge in [-0.3, -0.25) is 4.79 Å². The van der Waals surface area contributed by atoms with Gasteiger partial charge in [0.25, 0.3) is 0 Å². The van der Waals surface area contributed by atoms with Crippen LogP contribution >= 0.6 is 0 Å². The average molecular weight is 226 g/mol. The quantitative estimate of drug-likeness (QED) is 0.730. The van der Waals surface area contributed by atoms with Crippen molar-refractivity contribution in [3.05, 3.63) is 0 Å². The molecule has 0 aromatic rings. The Bertz CT molecular complexity index is 239. The number of carbonyl (C=O) groups excluding carboxylic acids is 1. The van der Waals surface area contributed by atoms with Crippen molar-refractivity contribution in [1.29, 1.82) is 0 Å². The van der Waals surface area contributed by atoms with E-state index in [0.717, 1.165) is 38.9 Å². The molecule has 2 rings (SSSR count). The Labute approximate surface area is 97.0 Å². The lowest BCUT2D eigenvalue weighted by molar-refractivity contribution is -0.133. The summed E-state index contributed by atoms with van der Waals surface area (Å²) in [5.41, 5.74) is 0. The van der Waals surface area contributed by atoms with Gasteiger partial charge in [-0.2, -0.15) is 0 Å². The number of amides is 1. The number of aliphatic hydroxyl groups excluding tert-OH is 1. The molecule has 2 N–H and O–H groups in total. The van der Waals surface area contributed by atoms with Crippen molar-refractivity contribution >= 4 is 5.91 Å². The number of nitrogens with one attached hydrogen (secondary N) is 1.